The van der Waals surface area contributed by atoms with Crippen molar-refractivity contribution in [1.82, 2.24) is 19.6 Å². The van der Waals surface area contributed by atoms with E-state index in [2.05, 4.69) is 10.2 Å². The molecule has 42 heteroatoms. The highest BCUT2D eigenvalue weighted by Gasteiger charge is 2.67. The van der Waals surface area contributed by atoms with Crippen LogP contribution in [0.4, 0.5) is 22.7 Å². The Labute approximate surface area is 505 Å². The van der Waals surface area contributed by atoms with Gasteiger partial charge in [-0.05, 0) is 48.5 Å². The van der Waals surface area contributed by atoms with Crippen LogP contribution in [-0.2, 0) is 21.2 Å². The molecule has 2 saturated heterocycles. The standard InChI is InChI=1S/C50H48N10O32/c1-91-36-32(66)28(62)26(29(63)33(36)67)59-24-20(22(53-59)38(51)70)47(83,84)50(89,90)57(41(24)73)17-6-8-18(9-7-17)58-42(74)43(75,76)10-14(48(58,85)86)12-92-37-34(68)30(64)27(31(65)35(37)69)60-25-21(23(54-60)39(52)71)46(81,82)49(87,88)56(40(25)72)16-4-2-15(3-5-16)55-13-45(79,80)44(77,78)11-19(55)61/h2-9,14,62-69,75-90H,10-13H2,1H3,(H2,51,70)(H2,52,71). The Bertz CT molecular complexity index is 4150. The molecule has 1 atom stereocenters. The van der Waals surface area contributed by atoms with Gasteiger partial charge in [0, 0.05) is 29.2 Å². The van der Waals surface area contributed by atoms with E-state index in [-0.39, 0.29) is 29.8 Å². The highest BCUT2D eigenvalue weighted by Crippen LogP contribution is 2.57. The van der Waals surface area contributed by atoms with Gasteiger partial charge in [0.25, 0.3) is 47.0 Å². The van der Waals surface area contributed by atoms with E-state index in [1.54, 1.807) is 0 Å². The number of rotatable bonds is 12. The molecule has 2 fully saturated rings. The number of phenolic OH excluding ortho intramolecular Hbond substituents is 8. The summed E-state index contributed by atoms with van der Waals surface area (Å²) in [5.41, 5.74) is -3.63. The fraction of sp³-hybridized carbons (Fsp3) is 0.280. The first-order valence-corrected chi connectivity index (χ1v) is 25.5. The van der Waals surface area contributed by atoms with Crippen molar-refractivity contribution in [3.63, 3.8) is 0 Å². The van der Waals surface area contributed by atoms with Crippen LogP contribution in [0.3, 0.4) is 0 Å². The van der Waals surface area contributed by atoms with Crippen molar-refractivity contribution >= 4 is 58.2 Å². The van der Waals surface area contributed by atoms with Crippen molar-refractivity contribution in [3.8, 4) is 68.9 Å². The number of piperidine rings is 2. The average molecular weight is 1300 g/mol. The Kier molecular flexibility index (Phi) is 14.2. The lowest BCUT2D eigenvalue weighted by Crippen LogP contribution is -2.69. The third-order valence-electron chi connectivity index (χ3n) is 15.5. The first-order chi connectivity index (χ1) is 42.3. The van der Waals surface area contributed by atoms with Gasteiger partial charge in [-0.15, -0.1) is 0 Å². The normalized spacial score (nSPS) is 20.6. The Morgan fingerprint density at radius 1 is 0.522 bits per heavy atom. The van der Waals surface area contributed by atoms with Crippen molar-refractivity contribution in [1.29, 1.82) is 0 Å². The molecule has 0 saturated carbocycles. The summed E-state index contributed by atoms with van der Waals surface area (Å²) < 4.78 is 9.98. The largest absolute Gasteiger partial charge is 0.503 e. The number of benzene rings is 4. The van der Waals surface area contributed by atoms with E-state index < -0.39 is 234 Å². The van der Waals surface area contributed by atoms with Crippen LogP contribution in [0.25, 0.3) is 11.4 Å². The highest BCUT2D eigenvalue weighted by molar-refractivity contribution is 6.13. The molecule has 4 aliphatic heterocycles. The number of aromatic hydroxyl groups is 8. The topological polar surface area (TPSA) is 707 Å². The number of amides is 6. The van der Waals surface area contributed by atoms with Crippen molar-refractivity contribution in [2.75, 3.05) is 39.9 Å². The van der Waals surface area contributed by atoms with Crippen LogP contribution in [-0.4, -0.2) is 233 Å². The molecule has 2 aromatic heterocycles. The Morgan fingerprint density at radius 2 is 0.880 bits per heavy atom. The maximum atomic E-state index is 14.5. The second-order valence-corrected chi connectivity index (χ2v) is 21.1. The number of aromatic nitrogens is 4. The van der Waals surface area contributed by atoms with Gasteiger partial charge in [0.2, 0.25) is 57.8 Å². The zero-order chi connectivity index (χ0) is 68.5. The number of primary amides is 2. The molecule has 1 unspecified atom stereocenters. The first kappa shape index (κ1) is 64.5. The summed E-state index contributed by atoms with van der Waals surface area (Å²) in [7, 11) is 0.856. The SMILES string of the molecule is COc1c(O)c(O)c(-n2nc(C(N)=O)c3c2C(=O)N(c2ccc(N4C(=O)C(O)(O)CC(COc5c(O)c(O)c(-n6nc(C(N)=O)c7c6C(=O)N(c6ccc(N8CC(O)(O)C(O)(O)CC8=O)cc6)C(O)(O)C7(O)O)c(O)c5O)C4(O)O)cc2)C(O)(O)C3(O)O)c(O)c1O. The molecule has 4 aromatic carbocycles. The number of carbonyl (C=O) groups excluding carboxylic acids is 6. The smallest absolute Gasteiger partial charge is 0.315 e. The maximum Gasteiger partial charge on any atom is 0.315 e. The van der Waals surface area contributed by atoms with Crippen molar-refractivity contribution in [2.24, 2.45) is 17.4 Å². The molecule has 0 spiro atoms. The quantitative estimate of drug-likeness (QED) is 0.0307. The van der Waals surface area contributed by atoms with E-state index in [1.807, 2.05) is 0 Å². The molecule has 92 heavy (non-hydrogen) atoms. The van der Waals surface area contributed by atoms with E-state index in [4.69, 9.17) is 20.9 Å². The van der Waals surface area contributed by atoms with Gasteiger partial charge in [-0.25, -0.2) is 19.2 Å². The molecule has 0 bridgehead atoms. The van der Waals surface area contributed by atoms with Gasteiger partial charge in [-0.1, -0.05) is 0 Å². The summed E-state index contributed by atoms with van der Waals surface area (Å²) in [4.78, 5) is 80.7. The number of ether oxygens (including phenoxy) is 2. The van der Waals surface area contributed by atoms with Gasteiger partial charge in [0.05, 0.1) is 43.7 Å². The fourth-order valence-corrected chi connectivity index (χ4v) is 10.7. The van der Waals surface area contributed by atoms with Crippen LogP contribution in [0.1, 0.15) is 65.9 Å². The summed E-state index contributed by atoms with van der Waals surface area (Å²) >= 11 is 0. The number of β-amino-alcohol motifs (C(OH)–C–C–N with tert-alkyl or cyclic N) is 2. The van der Waals surface area contributed by atoms with Crippen LogP contribution < -0.4 is 40.5 Å². The van der Waals surface area contributed by atoms with Crippen LogP contribution in [0.15, 0.2) is 48.5 Å². The van der Waals surface area contributed by atoms with Gasteiger partial charge in [0.1, 0.15) is 11.4 Å². The third kappa shape index (κ3) is 8.75. The predicted octanol–water partition coefficient (Wildman–Crippen LogP) is -9.37. The molecule has 4 aliphatic rings. The van der Waals surface area contributed by atoms with Crippen LogP contribution in [0.5, 0.6) is 57.5 Å². The minimum absolute atomic E-state index is 0.0111. The lowest BCUT2D eigenvalue weighted by molar-refractivity contribution is -0.363. The lowest BCUT2D eigenvalue weighted by atomic mass is 9.88. The molecule has 6 heterocycles. The second-order valence-electron chi connectivity index (χ2n) is 21.1. The molecule has 490 valence electrons. The zero-order valence-corrected chi connectivity index (χ0v) is 45.8. The van der Waals surface area contributed by atoms with Crippen molar-refractivity contribution < 1.29 is 161 Å². The summed E-state index contributed by atoms with van der Waals surface area (Å²) in [5, 5.41) is 272. The van der Waals surface area contributed by atoms with E-state index in [1.165, 1.54) is 0 Å². The monoisotopic (exact) mass is 1300 g/mol. The number of nitrogens with zero attached hydrogens (tertiary/aromatic N) is 8. The average Bonchev–Trinajstić information content (AvgIpc) is 1.42. The molecule has 0 radical (unpaired) electrons. The number of methoxy groups -OCH3 is 1. The first-order valence-electron chi connectivity index (χ1n) is 25.5. The Morgan fingerprint density at radius 3 is 1.25 bits per heavy atom. The number of phenols is 8. The van der Waals surface area contributed by atoms with Gasteiger partial charge in [0.15, 0.2) is 45.8 Å². The third-order valence-corrected chi connectivity index (χ3v) is 15.5. The number of carbonyl (C=O) groups is 6. The predicted molar refractivity (Wildman–Crippen MR) is 284 cm³/mol. The van der Waals surface area contributed by atoms with Crippen LogP contribution in [0.2, 0.25) is 0 Å². The fourth-order valence-electron chi connectivity index (χ4n) is 10.7. The van der Waals surface area contributed by atoms with Crippen molar-refractivity contribution in [2.45, 2.75) is 59.5 Å². The van der Waals surface area contributed by atoms with Crippen LogP contribution >= 0.6 is 0 Å². The number of aliphatic hydroxyl groups is 16. The van der Waals surface area contributed by atoms with E-state index in [9.17, 15) is 151 Å². The lowest BCUT2D eigenvalue weighted by Gasteiger charge is -2.48. The van der Waals surface area contributed by atoms with E-state index >= 15 is 0 Å². The molecule has 0 aliphatic carbocycles. The number of fused-ring (bicyclic) bond motifs is 2. The summed E-state index contributed by atoms with van der Waals surface area (Å²) in [6, 6.07) is 5.63. The summed E-state index contributed by atoms with van der Waals surface area (Å²) in [6.45, 7) is -2.65. The number of hydrogen-bond donors (Lipinski definition) is 26. The van der Waals surface area contributed by atoms with E-state index in [0.717, 1.165) is 31.4 Å². The summed E-state index contributed by atoms with van der Waals surface area (Å²) in [6.07, 6.45) is -2.73. The molecule has 6 aromatic rings. The van der Waals surface area contributed by atoms with Gasteiger partial charge in [-0.3, -0.25) is 33.7 Å². The Hall–Kier alpha value is -10.5. The highest BCUT2D eigenvalue weighted by atomic mass is 16.6. The Balaban J connectivity index is 0.971. The number of nitrogens with two attached hydrogens (primary N) is 2. The minimum atomic E-state index is -4.36. The molecular weight excluding hydrogens is 1250 g/mol. The number of anilines is 4. The molecule has 42 nitrogen and oxygen atoms in total. The molecule has 28 N–H and O–H groups in total. The van der Waals surface area contributed by atoms with Crippen molar-refractivity contribution in [3.05, 3.63) is 82.4 Å². The van der Waals surface area contributed by atoms with Crippen LogP contribution in [0, 0.1) is 5.92 Å². The van der Waals surface area contributed by atoms with Gasteiger partial charge < -0.3 is 148 Å². The maximum absolute atomic E-state index is 14.5. The van der Waals surface area contributed by atoms with E-state index in [0.29, 0.717) is 29.2 Å². The van der Waals surface area contributed by atoms with Gasteiger partial charge in [-0.2, -0.15) is 10.2 Å². The molecule has 10 rings (SSSR count). The van der Waals surface area contributed by atoms with Gasteiger partial charge >= 0.3 is 11.8 Å². The molecular formula is C50H48N10O32. The minimum Gasteiger partial charge on any atom is -0.503 e. The zero-order valence-electron chi connectivity index (χ0n) is 45.8. The second kappa shape index (κ2) is 20.2. The number of hydrogen-bond acceptors (Lipinski definition) is 34. The summed E-state index contributed by atoms with van der Waals surface area (Å²) in [5.74, 6) is -59.2. The molecule has 6 amide bonds.